The largest absolute Gasteiger partial charge is 0.450 e. The van der Waals surface area contributed by atoms with Crippen LogP contribution in [0.15, 0.2) is 35.0 Å². The van der Waals surface area contributed by atoms with Crippen LogP contribution in [-0.4, -0.2) is 47.6 Å². The van der Waals surface area contributed by atoms with Gasteiger partial charge in [0.2, 0.25) is 0 Å². The second kappa shape index (κ2) is 5.49. The van der Waals surface area contributed by atoms with E-state index >= 15 is 0 Å². The van der Waals surface area contributed by atoms with E-state index in [1.54, 1.807) is 6.33 Å². The molecule has 2 aromatic heterocycles. The minimum atomic E-state index is 0.431. The second-order valence-electron chi connectivity index (χ2n) is 6.74. The molecular weight excluding hydrogens is 288 g/mol. The second-order valence-corrected chi connectivity index (χ2v) is 6.74. The van der Waals surface area contributed by atoms with Gasteiger partial charge < -0.3 is 14.2 Å². The molecule has 0 bridgehead atoms. The van der Waals surface area contributed by atoms with Crippen molar-refractivity contribution in [3.63, 3.8) is 0 Å². The van der Waals surface area contributed by atoms with Crippen molar-refractivity contribution in [2.75, 3.05) is 31.6 Å². The fraction of sp³-hybridized carbons (Fsp3) is 0.444. The van der Waals surface area contributed by atoms with E-state index in [-0.39, 0.29) is 0 Å². The molecule has 0 spiro atoms. The van der Waals surface area contributed by atoms with Crippen LogP contribution in [0, 0.1) is 5.92 Å². The molecule has 5 heteroatoms. The summed E-state index contributed by atoms with van der Waals surface area (Å²) in [6.45, 7) is 7.59. The van der Waals surface area contributed by atoms with Gasteiger partial charge in [0, 0.05) is 31.1 Å². The first-order valence-corrected chi connectivity index (χ1v) is 8.22. The van der Waals surface area contributed by atoms with Crippen LogP contribution in [0.25, 0.3) is 22.1 Å². The summed E-state index contributed by atoms with van der Waals surface area (Å²) in [6.07, 6.45) is 1.66. The summed E-state index contributed by atoms with van der Waals surface area (Å²) in [7, 11) is 2.18. The van der Waals surface area contributed by atoms with Gasteiger partial charge in [-0.2, -0.15) is 0 Å². The van der Waals surface area contributed by atoms with Crippen molar-refractivity contribution >= 4 is 27.9 Å². The Morgan fingerprint density at radius 3 is 2.83 bits per heavy atom. The minimum absolute atomic E-state index is 0.431. The smallest absolute Gasteiger partial charge is 0.196 e. The number of anilines is 1. The Bertz CT molecular complexity index is 841. The average Bonchev–Trinajstić information content (AvgIpc) is 2.93. The maximum absolute atomic E-state index is 6.11. The molecule has 120 valence electrons. The van der Waals surface area contributed by atoms with Gasteiger partial charge in [-0.15, -0.1) is 0 Å². The molecule has 0 aliphatic carbocycles. The lowest BCUT2D eigenvalue weighted by Gasteiger charge is -2.42. The van der Waals surface area contributed by atoms with Gasteiger partial charge in [0.15, 0.2) is 11.4 Å². The number of hydrogen-bond acceptors (Lipinski definition) is 5. The van der Waals surface area contributed by atoms with Crippen molar-refractivity contribution in [2.45, 2.75) is 19.9 Å². The summed E-state index contributed by atoms with van der Waals surface area (Å²) in [5.74, 6) is 1.48. The van der Waals surface area contributed by atoms with Crippen molar-refractivity contribution in [1.82, 2.24) is 14.9 Å². The first-order valence-electron chi connectivity index (χ1n) is 8.22. The third-order valence-corrected chi connectivity index (χ3v) is 4.80. The van der Waals surface area contributed by atoms with Crippen LogP contribution in [0.3, 0.4) is 0 Å². The highest BCUT2D eigenvalue weighted by Crippen LogP contribution is 2.34. The number of hydrogen-bond donors (Lipinski definition) is 0. The monoisotopic (exact) mass is 310 g/mol. The highest BCUT2D eigenvalue weighted by molar-refractivity contribution is 6.05. The van der Waals surface area contributed by atoms with Gasteiger partial charge in [0.1, 0.15) is 17.4 Å². The molecule has 3 heterocycles. The van der Waals surface area contributed by atoms with Crippen LogP contribution in [0.4, 0.5) is 5.82 Å². The lowest BCUT2D eigenvalue weighted by molar-refractivity contribution is 0.236. The third kappa shape index (κ3) is 2.36. The zero-order valence-corrected chi connectivity index (χ0v) is 13.9. The van der Waals surface area contributed by atoms with E-state index in [2.05, 4.69) is 46.7 Å². The van der Waals surface area contributed by atoms with Gasteiger partial charge in [-0.3, -0.25) is 0 Å². The number of likely N-dealkylation sites (N-methyl/N-ethyl adjacent to an activating group) is 1. The van der Waals surface area contributed by atoms with Crippen molar-refractivity contribution in [1.29, 1.82) is 0 Å². The van der Waals surface area contributed by atoms with Crippen LogP contribution in [0.2, 0.25) is 0 Å². The third-order valence-electron chi connectivity index (χ3n) is 4.80. The zero-order valence-electron chi connectivity index (χ0n) is 13.9. The fourth-order valence-electron chi connectivity index (χ4n) is 3.50. The summed E-state index contributed by atoms with van der Waals surface area (Å²) in [5.41, 5.74) is 2.59. The van der Waals surface area contributed by atoms with Crippen LogP contribution in [0.5, 0.6) is 0 Å². The van der Waals surface area contributed by atoms with Crippen molar-refractivity contribution in [3.8, 4) is 0 Å². The fourth-order valence-corrected chi connectivity index (χ4v) is 3.50. The lowest BCUT2D eigenvalue weighted by Crippen LogP contribution is -2.54. The molecule has 1 fully saturated rings. The molecule has 0 N–H and O–H groups in total. The van der Waals surface area contributed by atoms with E-state index in [9.17, 15) is 0 Å². The molecule has 1 atom stereocenters. The number of furan rings is 1. The Hall–Kier alpha value is -2.14. The first-order chi connectivity index (χ1) is 11.1. The first kappa shape index (κ1) is 14.5. The molecule has 3 aromatic rings. The van der Waals surface area contributed by atoms with Gasteiger partial charge >= 0.3 is 0 Å². The summed E-state index contributed by atoms with van der Waals surface area (Å²) in [6, 6.07) is 8.49. The highest BCUT2D eigenvalue weighted by atomic mass is 16.3. The zero-order chi connectivity index (χ0) is 16.0. The maximum Gasteiger partial charge on any atom is 0.196 e. The molecule has 0 saturated carbocycles. The average molecular weight is 310 g/mol. The Morgan fingerprint density at radius 1 is 1.17 bits per heavy atom. The van der Waals surface area contributed by atoms with Gasteiger partial charge in [-0.25, -0.2) is 9.97 Å². The standard InChI is InChI=1S/C18H22N4O/c1-12(2)14-10-21(3)8-9-22(14)18-17-16(19-11-20-18)13-6-4-5-7-15(13)23-17/h4-7,11-12,14H,8-10H2,1-3H3/t14-/m0/s1. The van der Waals surface area contributed by atoms with E-state index in [0.717, 1.165) is 47.5 Å². The summed E-state index contributed by atoms with van der Waals surface area (Å²) >= 11 is 0. The number of rotatable bonds is 2. The minimum Gasteiger partial charge on any atom is -0.450 e. The van der Waals surface area contributed by atoms with Crippen LogP contribution in [0.1, 0.15) is 13.8 Å². The van der Waals surface area contributed by atoms with E-state index in [1.807, 2.05) is 18.2 Å². The van der Waals surface area contributed by atoms with E-state index in [1.165, 1.54) is 0 Å². The maximum atomic E-state index is 6.11. The molecule has 1 aromatic carbocycles. The van der Waals surface area contributed by atoms with Crippen LogP contribution >= 0.6 is 0 Å². The number of para-hydroxylation sites is 1. The van der Waals surface area contributed by atoms with E-state index in [0.29, 0.717) is 12.0 Å². The topological polar surface area (TPSA) is 45.4 Å². The van der Waals surface area contributed by atoms with E-state index < -0.39 is 0 Å². The summed E-state index contributed by atoms with van der Waals surface area (Å²) in [4.78, 5) is 13.8. The van der Waals surface area contributed by atoms with Gasteiger partial charge in [0.25, 0.3) is 0 Å². The Labute approximate surface area is 135 Å². The molecule has 1 aliphatic rings. The molecule has 0 unspecified atom stereocenters. The number of aromatic nitrogens is 2. The normalized spacial score (nSPS) is 20.0. The van der Waals surface area contributed by atoms with Crippen molar-refractivity contribution in [3.05, 3.63) is 30.6 Å². The van der Waals surface area contributed by atoms with Gasteiger partial charge in [-0.05, 0) is 25.1 Å². The molecule has 0 radical (unpaired) electrons. The summed E-state index contributed by atoms with van der Waals surface area (Å²) in [5, 5.41) is 1.06. The van der Waals surface area contributed by atoms with E-state index in [4.69, 9.17) is 4.42 Å². The van der Waals surface area contributed by atoms with Crippen LogP contribution in [-0.2, 0) is 0 Å². The molecule has 23 heavy (non-hydrogen) atoms. The Balaban J connectivity index is 1.87. The molecule has 0 amide bonds. The van der Waals surface area contributed by atoms with Crippen molar-refractivity contribution in [2.24, 2.45) is 5.92 Å². The number of benzene rings is 1. The molecule has 1 saturated heterocycles. The molecule has 4 rings (SSSR count). The quantitative estimate of drug-likeness (QED) is 0.727. The molecular formula is C18H22N4O. The number of nitrogens with zero attached hydrogens (tertiary/aromatic N) is 4. The highest BCUT2D eigenvalue weighted by Gasteiger charge is 2.31. The SMILES string of the molecule is CC(C)[C@@H]1CN(C)CCN1c1ncnc2c1oc1ccccc12. The predicted molar refractivity (Wildman–Crippen MR) is 92.8 cm³/mol. The lowest BCUT2D eigenvalue weighted by atomic mass is 9.99. The van der Waals surface area contributed by atoms with Crippen LogP contribution < -0.4 is 4.90 Å². The Kier molecular flexibility index (Phi) is 3.45. The summed E-state index contributed by atoms with van der Waals surface area (Å²) < 4.78 is 6.11. The number of fused-ring (bicyclic) bond motifs is 3. The van der Waals surface area contributed by atoms with Crippen molar-refractivity contribution < 1.29 is 4.42 Å². The predicted octanol–water partition coefficient (Wildman–Crippen LogP) is 3.15. The number of piperazine rings is 1. The molecule has 5 nitrogen and oxygen atoms in total. The van der Waals surface area contributed by atoms with Gasteiger partial charge in [0.05, 0.1) is 0 Å². The molecule has 1 aliphatic heterocycles. The Morgan fingerprint density at radius 2 is 2.00 bits per heavy atom. The van der Waals surface area contributed by atoms with Gasteiger partial charge in [-0.1, -0.05) is 26.0 Å².